The van der Waals surface area contributed by atoms with E-state index < -0.39 is 0 Å². The van der Waals surface area contributed by atoms with Crippen LogP contribution >= 0.6 is 0 Å². The number of benzene rings is 2. The first-order valence-corrected chi connectivity index (χ1v) is 7.60. The molecular weight excluding hydrogens is 309 g/mol. The molecule has 6 nitrogen and oxygen atoms in total. The van der Waals surface area contributed by atoms with Gasteiger partial charge in [0.15, 0.2) is 0 Å². The number of carbonyl (C=O) groups excluding carboxylic acids is 1. The molecular formula is C17H14FN5O. The highest BCUT2D eigenvalue weighted by atomic mass is 19.1. The van der Waals surface area contributed by atoms with Crippen LogP contribution in [0.1, 0.15) is 17.9 Å². The highest BCUT2D eigenvalue weighted by molar-refractivity contribution is 5.95. The Morgan fingerprint density at radius 3 is 2.54 bits per heavy atom. The summed E-state index contributed by atoms with van der Waals surface area (Å²) in [6.07, 6.45) is 2.30. The van der Waals surface area contributed by atoms with Crippen molar-refractivity contribution in [2.45, 2.75) is 12.3 Å². The first-order valence-electron chi connectivity index (χ1n) is 7.60. The van der Waals surface area contributed by atoms with Crippen molar-refractivity contribution in [3.8, 4) is 5.69 Å². The van der Waals surface area contributed by atoms with E-state index in [2.05, 4.69) is 20.8 Å². The van der Waals surface area contributed by atoms with E-state index in [0.717, 1.165) is 23.4 Å². The number of tetrazole rings is 1. The second-order valence-corrected chi connectivity index (χ2v) is 5.79. The van der Waals surface area contributed by atoms with Crippen LogP contribution in [-0.2, 0) is 4.79 Å². The largest absolute Gasteiger partial charge is 0.326 e. The Hall–Kier alpha value is -3.09. The van der Waals surface area contributed by atoms with Gasteiger partial charge in [0, 0.05) is 11.6 Å². The fraction of sp³-hybridized carbons (Fsp3) is 0.176. The maximum absolute atomic E-state index is 13.0. The quantitative estimate of drug-likeness (QED) is 0.801. The molecule has 1 aromatic heterocycles. The van der Waals surface area contributed by atoms with E-state index in [9.17, 15) is 9.18 Å². The number of nitrogens with one attached hydrogen (secondary N) is 1. The van der Waals surface area contributed by atoms with Crippen molar-refractivity contribution in [1.29, 1.82) is 0 Å². The molecule has 7 heteroatoms. The van der Waals surface area contributed by atoms with Gasteiger partial charge in [-0.05, 0) is 64.7 Å². The number of carbonyl (C=O) groups is 1. The topological polar surface area (TPSA) is 72.7 Å². The summed E-state index contributed by atoms with van der Waals surface area (Å²) in [6, 6.07) is 13.6. The van der Waals surface area contributed by atoms with Gasteiger partial charge in [0.2, 0.25) is 5.91 Å². The van der Waals surface area contributed by atoms with Crippen LogP contribution in [0, 0.1) is 11.7 Å². The monoisotopic (exact) mass is 323 g/mol. The second kappa shape index (κ2) is 5.84. The Bertz CT molecular complexity index is 846. The molecule has 0 aliphatic heterocycles. The molecule has 1 N–H and O–H groups in total. The first-order chi connectivity index (χ1) is 11.7. The average Bonchev–Trinajstić information content (AvgIpc) is 3.21. The molecule has 2 atom stereocenters. The molecule has 0 unspecified atom stereocenters. The van der Waals surface area contributed by atoms with E-state index in [1.807, 2.05) is 24.3 Å². The van der Waals surface area contributed by atoms with Crippen molar-refractivity contribution in [3.63, 3.8) is 0 Å². The van der Waals surface area contributed by atoms with Crippen LogP contribution in [0.2, 0.25) is 0 Å². The lowest BCUT2D eigenvalue weighted by molar-refractivity contribution is -0.117. The maximum Gasteiger partial charge on any atom is 0.228 e. The van der Waals surface area contributed by atoms with Crippen LogP contribution < -0.4 is 5.32 Å². The molecule has 4 rings (SSSR count). The lowest BCUT2D eigenvalue weighted by atomic mass is 10.1. The average molecular weight is 323 g/mol. The SMILES string of the molecule is O=C(Nc1ccc(-n2cnnn2)cc1)[C@@H]1C[C@H]1c1ccc(F)cc1. The molecule has 120 valence electrons. The number of hydrogen-bond donors (Lipinski definition) is 1. The van der Waals surface area contributed by atoms with Gasteiger partial charge in [0.25, 0.3) is 0 Å². The summed E-state index contributed by atoms with van der Waals surface area (Å²) in [5.74, 6) is -0.164. The minimum absolute atomic E-state index is 0.0144. The van der Waals surface area contributed by atoms with Crippen LogP contribution in [0.25, 0.3) is 5.69 Å². The molecule has 1 fully saturated rings. The fourth-order valence-electron chi connectivity index (χ4n) is 2.78. The normalized spacial score (nSPS) is 19.0. The molecule has 0 saturated heterocycles. The lowest BCUT2D eigenvalue weighted by Crippen LogP contribution is -2.14. The van der Waals surface area contributed by atoms with Crippen LogP contribution in [-0.4, -0.2) is 26.1 Å². The molecule has 1 heterocycles. The van der Waals surface area contributed by atoms with Gasteiger partial charge in [-0.25, -0.2) is 9.07 Å². The van der Waals surface area contributed by atoms with Gasteiger partial charge in [-0.15, -0.1) is 5.10 Å². The van der Waals surface area contributed by atoms with Gasteiger partial charge < -0.3 is 5.32 Å². The molecule has 0 spiro atoms. The van der Waals surface area contributed by atoms with Gasteiger partial charge >= 0.3 is 0 Å². The van der Waals surface area contributed by atoms with Crippen LogP contribution in [0.4, 0.5) is 10.1 Å². The summed E-state index contributed by atoms with van der Waals surface area (Å²) in [4.78, 5) is 12.3. The van der Waals surface area contributed by atoms with Gasteiger partial charge in [-0.3, -0.25) is 4.79 Å². The van der Waals surface area contributed by atoms with E-state index in [4.69, 9.17) is 0 Å². The third-order valence-corrected chi connectivity index (χ3v) is 4.17. The van der Waals surface area contributed by atoms with Crippen LogP contribution in [0.15, 0.2) is 54.9 Å². The van der Waals surface area contributed by atoms with Crippen molar-refractivity contribution in [2.75, 3.05) is 5.32 Å². The highest BCUT2D eigenvalue weighted by Gasteiger charge is 2.43. The predicted molar refractivity (Wildman–Crippen MR) is 85.0 cm³/mol. The Balaban J connectivity index is 1.39. The van der Waals surface area contributed by atoms with Crippen LogP contribution in [0.5, 0.6) is 0 Å². The highest BCUT2D eigenvalue weighted by Crippen LogP contribution is 2.47. The Kier molecular flexibility index (Phi) is 3.53. The molecule has 2 aromatic carbocycles. The summed E-state index contributed by atoms with van der Waals surface area (Å²) in [7, 11) is 0. The number of rotatable bonds is 4. The van der Waals surface area contributed by atoms with Gasteiger partial charge in [0.1, 0.15) is 12.1 Å². The van der Waals surface area contributed by atoms with E-state index in [0.29, 0.717) is 0 Å². The number of hydrogen-bond acceptors (Lipinski definition) is 4. The van der Waals surface area contributed by atoms with Crippen molar-refractivity contribution >= 4 is 11.6 Å². The minimum atomic E-state index is -0.261. The van der Waals surface area contributed by atoms with E-state index >= 15 is 0 Å². The molecule has 24 heavy (non-hydrogen) atoms. The third-order valence-electron chi connectivity index (χ3n) is 4.17. The molecule has 1 saturated carbocycles. The maximum atomic E-state index is 13.0. The molecule has 1 amide bonds. The Labute approximate surface area is 137 Å². The third kappa shape index (κ3) is 2.88. The standard InChI is InChI=1S/C17H14FN5O/c18-12-3-1-11(2-4-12)15-9-16(15)17(24)20-13-5-7-14(8-6-13)23-10-19-21-22-23/h1-8,10,15-16H,9H2,(H,20,24)/t15-,16+/m0/s1. The number of aromatic nitrogens is 4. The predicted octanol–water partition coefficient (Wildman–Crippen LogP) is 2.54. The molecule has 1 aliphatic carbocycles. The number of nitrogens with zero attached hydrogens (tertiary/aromatic N) is 4. The summed E-state index contributed by atoms with van der Waals surface area (Å²) in [6.45, 7) is 0. The van der Waals surface area contributed by atoms with Gasteiger partial charge in [-0.2, -0.15) is 0 Å². The number of anilines is 1. The summed E-state index contributed by atoms with van der Waals surface area (Å²) in [5.41, 5.74) is 2.54. The van der Waals surface area contributed by atoms with Crippen molar-refractivity contribution in [2.24, 2.45) is 5.92 Å². The van der Waals surface area contributed by atoms with Gasteiger partial charge in [0.05, 0.1) is 5.69 Å². The lowest BCUT2D eigenvalue weighted by Gasteiger charge is -2.06. The van der Waals surface area contributed by atoms with Gasteiger partial charge in [-0.1, -0.05) is 12.1 Å². The van der Waals surface area contributed by atoms with Crippen molar-refractivity contribution < 1.29 is 9.18 Å². The van der Waals surface area contributed by atoms with Crippen molar-refractivity contribution in [3.05, 3.63) is 66.2 Å². The zero-order chi connectivity index (χ0) is 16.5. The van der Waals surface area contributed by atoms with Crippen molar-refractivity contribution in [1.82, 2.24) is 20.2 Å². The van der Waals surface area contributed by atoms with Crippen LogP contribution in [0.3, 0.4) is 0 Å². The molecule has 3 aromatic rings. The molecule has 0 bridgehead atoms. The summed E-state index contributed by atoms with van der Waals surface area (Å²) >= 11 is 0. The molecule has 0 radical (unpaired) electrons. The zero-order valence-corrected chi connectivity index (χ0v) is 12.6. The Morgan fingerprint density at radius 2 is 1.88 bits per heavy atom. The second-order valence-electron chi connectivity index (χ2n) is 5.79. The fourth-order valence-corrected chi connectivity index (χ4v) is 2.78. The van der Waals surface area contributed by atoms with E-state index in [1.165, 1.54) is 23.1 Å². The number of amides is 1. The smallest absolute Gasteiger partial charge is 0.228 e. The Morgan fingerprint density at radius 1 is 1.12 bits per heavy atom. The minimum Gasteiger partial charge on any atom is -0.326 e. The summed E-state index contributed by atoms with van der Waals surface area (Å²) < 4.78 is 14.5. The first kappa shape index (κ1) is 14.5. The summed E-state index contributed by atoms with van der Waals surface area (Å²) in [5, 5.41) is 13.9. The zero-order valence-electron chi connectivity index (χ0n) is 12.6. The molecule has 1 aliphatic rings. The van der Waals surface area contributed by atoms with E-state index in [1.54, 1.807) is 12.1 Å². The number of halogens is 1. The van der Waals surface area contributed by atoms with E-state index in [-0.39, 0.29) is 23.6 Å².